The zero-order valence-corrected chi connectivity index (χ0v) is 17.7. The van der Waals surface area contributed by atoms with Gasteiger partial charge in [0.2, 0.25) is 12.7 Å². The normalized spacial score (nSPS) is 16.7. The number of rotatable bonds is 7. The van der Waals surface area contributed by atoms with Crippen molar-refractivity contribution in [1.82, 2.24) is 9.80 Å². The SMILES string of the molecule is COc1ccc2c(c1)CC(C(=O)N(CCN(C)C)Cc1ccc3c(c1)OCO3)CO2. The van der Waals surface area contributed by atoms with E-state index in [-0.39, 0.29) is 18.6 Å². The van der Waals surface area contributed by atoms with Crippen molar-refractivity contribution < 1.29 is 23.7 Å². The molecule has 2 aromatic rings. The Kier molecular flexibility index (Phi) is 5.99. The van der Waals surface area contributed by atoms with Crippen LogP contribution in [0.4, 0.5) is 0 Å². The minimum Gasteiger partial charge on any atom is -0.497 e. The first-order valence-electron chi connectivity index (χ1n) is 10.1. The summed E-state index contributed by atoms with van der Waals surface area (Å²) in [5.74, 6) is 2.96. The van der Waals surface area contributed by atoms with Gasteiger partial charge in [0.25, 0.3) is 0 Å². The summed E-state index contributed by atoms with van der Waals surface area (Å²) in [4.78, 5) is 17.4. The van der Waals surface area contributed by atoms with Crippen molar-refractivity contribution in [2.75, 3.05) is 47.7 Å². The number of likely N-dealkylation sites (N-methyl/N-ethyl adjacent to an activating group) is 1. The fourth-order valence-corrected chi connectivity index (χ4v) is 3.76. The summed E-state index contributed by atoms with van der Waals surface area (Å²) in [6.07, 6.45) is 0.644. The molecule has 0 radical (unpaired) electrons. The van der Waals surface area contributed by atoms with Gasteiger partial charge in [-0.05, 0) is 62.0 Å². The highest BCUT2D eigenvalue weighted by atomic mass is 16.7. The topological polar surface area (TPSA) is 60.5 Å². The third-order valence-electron chi connectivity index (χ3n) is 5.46. The van der Waals surface area contributed by atoms with E-state index >= 15 is 0 Å². The average Bonchev–Trinajstić information content (AvgIpc) is 3.23. The van der Waals surface area contributed by atoms with E-state index in [9.17, 15) is 4.79 Å². The summed E-state index contributed by atoms with van der Waals surface area (Å²) >= 11 is 0. The van der Waals surface area contributed by atoms with Gasteiger partial charge in [0.15, 0.2) is 11.5 Å². The van der Waals surface area contributed by atoms with Crippen LogP contribution in [-0.2, 0) is 17.8 Å². The van der Waals surface area contributed by atoms with Crippen LogP contribution in [0.2, 0.25) is 0 Å². The number of methoxy groups -OCH3 is 1. The lowest BCUT2D eigenvalue weighted by atomic mass is 9.95. The monoisotopic (exact) mass is 412 g/mol. The standard InChI is InChI=1S/C23H28N2O5/c1-24(2)8-9-25(13-16-4-6-21-22(10-16)30-15-29-21)23(26)18-11-17-12-19(27-3)5-7-20(17)28-14-18/h4-7,10,12,18H,8-9,11,13-15H2,1-3H3. The van der Waals surface area contributed by atoms with Gasteiger partial charge in [-0.2, -0.15) is 0 Å². The Bertz CT molecular complexity index is 914. The van der Waals surface area contributed by atoms with Crippen LogP contribution in [0.5, 0.6) is 23.0 Å². The van der Waals surface area contributed by atoms with Gasteiger partial charge in [0, 0.05) is 19.6 Å². The molecular formula is C23H28N2O5. The number of benzene rings is 2. The first-order valence-corrected chi connectivity index (χ1v) is 10.1. The molecule has 1 amide bonds. The molecule has 2 aliphatic rings. The maximum Gasteiger partial charge on any atom is 0.231 e. The third-order valence-corrected chi connectivity index (χ3v) is 5.46. The Hall–Kier alpha value is -2.93. The predicted molar refractivity (Wildman–Crippen MR) is 112 cm³/mol. The number of carbonyl (C=O) groups excluding carboxylic acids is 1. The van der Waals surface area contributed by atoms with Gasteiger partial charge in [-0.1, -0.05) is 6.07 Å². The van der Waals surface area contributed by atoms with Crippen molar-refractivity contribution in [2.24, 2.45) is 5.92 Å². The van der Waals surface area contributed by atoms with Crippen LogP contribution >= 0.6 is 0 Å². The van der Waals surface area contributed by atoms with Crippen LogP contribution < -0.4 is 18.9 Å². The number of carbonyl (C=O) groups is 1. The predicted octanol–water partition coefficient (Wildman–Crippen LogP) is 2.57. The zero-order valence-electron chi connectivity index (χ0n) is 17.7. The molecule has 1 unspecified atom stereocenters. The molecule has 0 aliphatic carbocycles. The quantitative estimate of drug-likeness (QED) is 0.697. The van der Waals surface area contributed by atoms with Gasteiger partial charge in [-0.25, -0.2) is 0 Å². The van der Waals surface area contributed by atoms with Crippen molar-refractivity contribution in [3.8, 4) is 23.0 Å². The molecule has 1 atom stereocenters. The number of nitrogens with zero attached hydrogens (tertiary/aromatic N) is 2. The molecule has 0 bridgehead atoms. The molecule has 2 heterocycles. The summed E-state index contributed by atoms with van der Waals surface area (Å²) in [6.45, 7) is 2.57. The van der Waals surface area contributed by atoms with Crippen molar-refractivity contribution in [2.45, 2.75) is 13.0 Å². The highest BCUT2D eigenvalue weighted by Crippen LogP contribution is 2.34. The second-order valence-electron chi connectivity index (χ2n) is 7.94. The van der Waals surface area contributed by atoms with Crippen LogP contribution in [0.1, 0.15) is 11.1 Å². The smallest absolute Gasteiger partial charge is 0.231 e. The van der Waals surface area contributed by atoms with Crippen molar-refractivity contribution in [3.05, 3.63) is 47.5 Å². The van der Waals surface area contributed by atoms with E-state index in [1.165, 1.54) is 0 Å². The van der Waals surface area contributed by atoms with E-state index in [2.05, 4.69) is 4.90 Å². The van der Waals surface area contributed by atoms with Crippen molar-refractivity contribution >= 4 is 5.91 Å². The maximum absolute atomic E-state index is 13.5. The highest BCUT2D eigenvalue weighted by molar-refractivity contribution is 5.80. The minimum absolute atomic E-state index is 0.1000. The highest BCUT2D eigenvalue weighted by Gasteiger charge is 2.30. The number of fused-ring (bicyclic) bond motifs is 2. The van der Waals surface area contributed by atoms with Gasteiger partial charge in [0.05, 0.1) is 13.0 Å². The molecule has 0 fully saturated rings. The lowest BCUT2D eigenvalue weighted by Gasteiger charge is -2.31. The molecular weight excluding hydrogens is 384 g/mol. The molecule has 2 aliphatic heterocycles. The molecule has 4 rings (SSSR count). The molecule has 30 heavy (non-hydrogen) atoms. The maximum atomic E-state index is 13.5. The number of hydrogen-bond donors (Lipinski definition) is 0. The van der Waals surface area contributed by atoms with Gasteiger partial charge in [-0.15, -0.1) is 0 Å². The Balaban J connectivity index is 1.50. The zero-order chi connectivity index (χ0) is 21.1. The molecule has 7 nitrogen and oxygen atoms in total. The minimum atomic E-state index is -0.222. The number of hydrogen-bond acceptors (Lipinski definition) is 6. The summed E-state index contributed by atoms with van der Waals surface area (Å²) in [7, 11) is 5.66. The van der Waals surface area contributed by atoms with E-state index in [0.29, 0.717) is 26.1 Å². The molecule has 0 spiro atoms. The Labute approximate surface area is 177 Å². The van der Waals surface area contributed by atoms with E-state index in [1.54, 1.807) is 7.11 Å². The molecule has 7 heteroatoms. The van der Waals surface area contributed by atoms with Gasteiger partial charge >= 0.3 is 0 Å². The molecule has 160 valence electrons. The summed E-state index contributed by atoms with van der Waals surface area (Å²) in [5.41, 5.74) is 2.03. The summed E-state index contributed by atoms with van der Waals surface area (Å²) in [5, 5.41) is 0. The van der Waals surface area contributed by atoms with E-state index in [4.69, 9.17) is 18.9 Å². The first-order chi connectivity index (χ1) is 14.5. The molecule has 0 saturated carbocycles. The Morgan fingerprint density at radius 2 is 1.83 bits per heavy atom. The second-order valence-corrected chi connectivity index (χ2v) is 7.94. The largest absolute Gasteiger partial charge is 0.497 e. The van der Waals surface area contributed by atoms with Gasteiger partial charge in [-0.3, -0.25) is 4.79 Å². The van der Waals surface area contributed by atoms with Crippen LogP contribution in [0.25, 0.3) is 0 Å². The van der Waals surface area contributed by atoms with Crippen LogP contribution in [-0.4, -0.2) is 63.4 Å². The Morgan fingerprint density at radius 3 is 2.63 bits per heavy atom. The lowest BCUT2D eigenvalue weighted by molar-refractivity contribution is -0.137. The fraction of sp³-hybridized carbons (Fsp3) is 0.435. The average molecular weight is 412 g/mol. The van der Waals surface area contributed by atoms with E-state index in [1.807, 2.05) is 55.4 Å². The van der Waals surface area contributed by atoms with E-state index < -0.39 is 0 Å². The fourth-order valence-electron chi connectivity index (χ4n) is 3.76. The molecule has 0 saturated heterocycles. The first kappa shape index (κ1) is 20.3. The van der Waals surface area contributed by atoms with Crippen LogP contribution in [0.15, 0.2) is 36.4 Å². The number of ether oxygens (including phenoxy) is 4. The van der Waals surface area contributed by atoms with Crippen LogP contribution in [0, 0.1) is 5.92 Å². The molecule has 2 aromatic carbocycles. The summed E-state index contributed by atoms with van der Waals surface area (Å²) < 4.78 is 22.1. The van der Waals surface area contributed by atoms with Crippen molar-refractivity contribution in [1.29, 1.82) is 0 Å². The van der Waals surface area contributed by atoms with Crippen LogP contribution in [0.3, 0.4) is 0 Å². The van der Waals surface area contributed by atoms with Gasteiger partial charge < -0.3 is 28.7 Å². The summed E-state index contributed by atoms with van der Waals surface area (Å²) in [6, 6.07) is 11.6. The number of amides is 1. The third kappa shape index (κ3) is 4.46. The second kappa shape index (κ2) is 8.83. The molecule has 0 aromatic heterocycles. The Morgan fingerprint density at radius 1 is 1.03 bits per heavy atom. The van der Waals surface area contributed by atoms with E-state index in [0.717, 1.165) is 40.7 Å². The molecule has 0 N–H and O–H groups in total. The van der Waals surface area contributed by atoms with Crippen molar-refractivity contribution in [3.63, 3.8) is 0 Å². The van der Waals surface area contributed by atoms with Gasteiger partial charge in [0.1, 0.15) is 18.1 Å². The lowest BCUT2D eigenvalue weighted by Crippen LogP contribution is -2.43.